The van der Waals surface area contributed by atoms with Gasteiger partial charge in [-0.25, -0.2) is 17.9 Å². The highest BCUT2D eigenvalue weighted by atomic mass is 32.2. The van der Waals surface area contributed by atoms with Gasteiger partial charge < -0.3 is 15.2 Å². The normalized spacial score (nSPS) is 18.1. The highest BCUT2D eigenvalue weighted by Gasteiger charge is 2.41. The van der Waals surface area contributed by atoms with Gasteiger partial charge in [-0.1, -0.05) is 43.3 Å². The number of halogens is 3. The predicted molar refractivity (Wildman–Crippen MR) is 143 cm³/mol. The maximum absolute atomic E-state index is 13.6. The lowest BCUT2D eigenvalue weighted by atomic mass is 9.91. The molecule has 0 saturated carbocycles. The Balaban J connectivity index is 1.56. The summed E-state index contributed by atoms with van der Waals surface area (Å²) < 4.78 is 71.0. The molecule has 42 heavy (non-hydrogen) atoms. The average Bonchev–Trinajstić information content (AvgIpc) is 3.39. The third kappa shape index (κ3) is 7.45. The van der Waals surface area contributed by atoms with Crippen LogP contribution < -0.4 is 10.1 Å². The van der Waals surface area contributed by atoms with Gasteiger partial charge in [-0.05, 0) is 60.1 Å². The minimum absolute atomic E-state index is 0.0472. The molecule has 1 fully saturated rings. The van der Waals surface area contributed by atoms with Gasteiger partial charge in [-0.2, -0.15) is 4.31 Å². The van der Waals surface area contributed by atoms with Crippen LogP contribution in [0.5, 0.6) is 5.75 Å². The van der Waals surface area contributed by atoms with E-state index in [1.54, 1.807) is 0 Å². The number of sulfonamides is 1. The smallest absolute Gasteiger partial charge is 0.476 e. The Bertz CT molecular complexity index is 1510. The maximum Gasteiger partial charge on any atom is 0.573 e. The van der Waals surface area contributed by atoms with E-state index < -0.39 is 40.1 Å². The minimum Gasteiger partial charge on any atom is -0.476 e. The topological polar surface area (TPSA) is 144 Å². The molecule has 4 rings (SSSR count). The molecule has 0 bridgehead atoms. The van der Waals surface area contributed by atoms with Gasteiger partial charge in [0.25, 0.3) is 0 Å². The van der Waals surface area contributed by atoms with Gasteiger partial charge in [-0.15, -0.1) is 18.3 Å². The van der Waals surface area contributed by atoms with E-state index >= 15 is 0 Å². The fraction of sp³-hybridized carbons (Fsp3) is 0.407. The van der Waals surface area contributed by atoms with E-state index in [-0.39, 0.29) is 49.0 Å². The van der Waals surface area contributed by atoms with Crippen LogP contribution in [0.1, 0.15) is 54.2 Å². The van der Waals surface area contributed by atoms with Crippen molar-refractivity contribution in [2.24, 2.45) is 5.92 Å². The first-order chi connectivity index (χ1) is 19.7. The van der Waals surface area contributed by atoms with Crippen molar-refractivity contribution in [3.8, 4) is 5.75 Å². The van der Waals surface area contributed by atoms with Crippen LogP contribution in [0.3, 0.4) is 0 Å². The fourth-order valence-corrected chi connectivity index (χ4v) is 6.40. The van der Waals surface area contributed by atoms with E-state index in [0.717, 1.165) is 45.9 Å². The first kappa shape index (κ1) is 31.0. The van der Waals surface area contributed by atoms with Crippen molar-refractivity contribution in [2.75, 3.05) is 6.54 Å². The second-order valence-electron chi connectivity index (χ2n) is 10.3. The Morgan fingerprint density at radius 2 is 1.79 bits per heavy atom. The highest BCUT2D eigenvalue weighted by Crippen LogP contribution is 2.31. The van der Waals surface area contributed by atoms with Gasteiger partial charge >= 0.3 is 12.3 Å². The zero-order valence-electron chi connectivity index (χ0n) is 22.8. The van der Waals surface area contributed by atoms with Crippen LogP contribution in [0.4, 0.5) is 13.2 Å². The van der Waals surface area contributed by atoms with Gasteiger partial charge in [0.2, 0.25) is 15.9 Å². The van der Waals surface area contributed by atoms with E-state index in [4.69, 9.17) is 0 Å². The van der Waals surface area contributed by atoms with Crippen LogP contribution in [-0.2, 0) is 27.9 Å². The number of ether oxygens (including phenoxy) is 1. The van der Waals surface area contributed by atoms with Crippen molar-refractivity contribution in [3.05, 3.63) is 71.5 Å². The molecule has 2 atom stereocenters. The van der Waals surface area contributed by atoms with Crippen molar-refractivity contribution in [3.63, 3.8) is 0 Å². The summed E-state index contributed by atoms with van der Waals surface area (Å²) in [6.45, 7) is 4.26. The number of nitrogens with zero attached hydrogens (tertiary/aromatic N) is 4. The number of aromatic carboxylic acids is 1. The Morgan fingerprint density at radius 1 is 1.12 bits per heavy atom. The van der Waals surface area contributed by atoms with Crippen molar-refractivity contribution >= 4 is 21.9 Å². The molecule has 0 radical (unpaired) electrons. The number of carbonyl (C=O) groups is 2. The Kier molecular flexibility index (Phi) is 9.21. The van der Waals surface area contributed by atoms with Crippen molar-refractivity contribution in [1.82, 2.24) is 24.6 Å². The minimum atomic E-state index is -4.94. The predicted octanol–water partition coefficient (Wildman–Crippen LogP) is 3.78. The van der Waals surface area contributed by atoms with Crippen molar-refractivity contribution < 1.29 is 41.0 Å². The molecule has 0 spiro atoms. The van der Waals surface area contributed by atoms with Crippen LogP contribution in [0, 0.1) is 5.92 Å². The Labute approximate surface area is 240 Å². The number of amides is 1. The van der Waals surface area contributed by atoms with E-state index in [0.29, 0.717) is 5.92 Å². The number of alkyl halides is 3. The molecule has 2 heterocycles. The largest absolute Gasteiger partial charge is 0.573 e. The monoisotopic (exact) mass is 609 g/mol. The van der Waals surface area contributed by atoms with Crippen LogP contribution in [0.2, 0.25) is 0 Å². The standard InChI is InChI=1S/C27H30F3N5O6S/c1-17(2)20-5-3-18(4-6-20)14-31-25(36)23-13-19(16-34-24(26(37)38)15-32-33-34)11-12-35(23)42(39,40)22-9-7-21(8-10-22)41-27(28,29)30/h3-10,15,17,19,23H,11-14,16H2,1-2H3,(H,31,36)(H,37,38)/t19-,23-/m1/s1. The third-order valence-corrected chi connectivity index (χ3v) is 8.93. The van der Waals surface area contributed by atoms with E-state index in [2.05, 4.69) is 34.2 Å². The van der Waals surface area contributed by atoms with E-state index in [9.17, 15) is 36.3 Å². The summed E-state index contributed by atoms with van der Waals surface area (Å²) in [5.41, 5.74) is 1.79. The van der Waals surface area contributed by atoms with Gasteiger partial charge in [0.15, 0.2) is 5.69 Å². The lowest BCUT2D eigenvalue weighted by molar-refractivity contribution is -0.274. The summed E-state index contributed by atoms with van der Waals surface area (Å²) >= 11 is 0. The van der Waals surface area contributed by atoms with Crippen molar-refractivity contribution in [1.29, 1.82) is 0 Å². The van der Waals surface area contributed by atoms with E-state index in [1.807, 2.05) is 24.3 Å². The molecule has 2 N–H and O–H groups in total. The number of carboxylic acids is 1. The Morgan fingerprint density at radius 3 is 2.38 bits per heavy atom. The number of piperidine rings is 1. The van der Waals surface area contributed by atoms with E-state index in [1.165, 1.54) is 4.68 Å². The molecule has 2 aromatic carbocycles. The third-order valence-electron chi connectivity index (χ3n) is 7.01. The number of aromatic nitrogens is 3. The number of benzene rings is 2. The molecule has 15 heteroatoms. The molecule has 0 unspecified atom stereocenters. The number of carboxylic acid groups (broad SMARTS) is 1. The number of hydrogen-bond acceptors (Lipinski definition) is 7. The molecule has 11 nitrogen and oxygen atoms in total. The van der Waals surface area contributed by atoms with Crippen molar-refractivity contribution in [2.45, 2.75) is 63.0 Å². The van der Waals surface area contributed by atoms with Crippen LogP contribution in [-0.4, -0.2) is 63.6 Å². The molecular formula is C27H30F3N5O6S. The van der Waals surface area contributed by atoms with Gasteiger partial charge in [0.1, 0.15) is 11.8 Å². The second-order valence-corrected chi connectivity index (χ2v) is 12.2. The maximum atomic E-state index is 13.6. The summed E-state index contributed by atoms with van der Waals surface area (Å²) in [5, 5.41) is 19.6. The summed E-state index contributed by atoms with van der Waals surface area (Å²) in [5.74, 6) is -2.37. The van der Waals surface area contributed by atoms with Crippen LogP contribution in [0.15, 0.2) is 59.6 Å². The van der Waals surface area contributed by atoms with Crippen LogP contribution in [0.25, 0.3) is 0 Å². The van der Waals surface area contributed by atoms with Gasteiger partial charge in [-0.3, -0.25) is 4.79 Å². The summed E-state index contributed by atoms with van der Waals surface area (Å²) in [6.07, 6.45) is -3.52. The molecule has 226 valence electrons. The summed E-state index contributed by atoms with van der Waals surface area (Å²) in [4.78, 5) is 24.7. The quantitative estimate of drug-likeness (QED) is 0.354. The molecule has 1 aliphatic heterocycles. The highest BCUT2D eigenvalue weighted by molar-refractivity contribution is 7.89. The first-order valence-electron chi connectivity index (χ1n) is 13.1. The number of nitrogens with one attached hydrogen (secondary N) is 1. The Hall–Kier alpha value is -3.98. The molecule has 0 aliphatic carbocycles. The number of rotatable bonds is 10. The molecule has 1 aliphatic rings. The number of hydrogen-bond donors (Lipinski definition) is 2. The molecule has 3 aromatic rings. The van der Waals surface area contributed by atoms with Crippen LogP contribution >= 0.6 is 0 Å². The average molecular weight is 610 g/mol. The summed E-state index contributed by atoms with van der Waals surface area (Å²) in [6, 6.07) is 10.2. The molecule has 1 aromatic heterocycles. The fourth-order valence-electron chi connectivity index (χ4n) is 4.79. The number of carbonyl (C=O) groups excluding carboxylic acids is 1. The van der Waals surface area contributed by atoms with Gasteiger partial charge in [0.05, 0.1) is 11.1 Å². The molecular weight excluding hydrogens is 579 g/mol. The second kappa shape index (κ2) is 12.5. The zero-order chi connectivity index (χ0) is 30.7. The first-order valence-corrected chi connectivity index (χ1v) is 14.5. The lowest BCUT2D eigenvalue weighted by Crippen LogP contribution is -2.53. The SMILES string of the molecule is CC(C)c1ccc(CNC(=O)[C@H]2C[C@H](Cn3nncc3C(=O)O)CCN2S(=O)(=O)c2ccc(OC(F)(F)F)cc2)cc1. The molecule has 1 saturated heterocycles. The zero-order valence-corrected chi connectivity index (χ0v) is 23.6. The molecule has 1 amide bonds. The lowest BCUT2D eigenvalue weighted by Gasteiger charge is -2.37. The van der Waals surface area contributed by atoms with Gasteiger partial charge in [0, 0.05) is 19.6 Å². The summed E-state index contributed by atoms with van der Waals surface area (Å²) in [7, 11) is -4.32.